The van der Waals surface area contributed by atoms with Gasteiger partial charge in [-0.1, -0.05) is 42.5 Å². The Morgan fingerprint density at radius 2 is 1.69 bits per heavy atom. The third-order valence-electron chi connectivity index (χ3n) is 7.44. The SMILES string of the molecule is CCOC(=O)c1ccccc1NC(=O)N1Cc2c(C)nn(-c3ccccc3)c2-n2cccc2[C@@H]1c1ccc(OC)cc1. The lowest BCUT2D eigenvalue weighted by Gasteiger charge is -2.31. The lowest BCUT2D eigenvalue weighted by Crippen LogP contribution is -2.38. The summed E-state index contributed by atoms with van der Waals surface area (Å²) >= 11 is 0. The highest BCUT2D eigenvalue weighted by atomic mass is 16.5. The maximum atomic E-state index is 14.3. The molecule has 212 valence electrons. The molecule has 1 atom stereocenters. The number of benzene rings is 3. The molecule has 0 saturated heterocycles. The molecule has 2 aromatic heterocycles. The van der Waals surface area contributed by atoms with E-state index in [4.69, 9.17) is 14.6 Å². The summed E-state index contributed by atoms with van der Waals surface area (Å²) < 4.78 is 14.7. The number of rotatable bonds is 6. The molecule has 0 fully saturated rings. The normalized spacial score (nSPS) is 14.0. The Morgan fingerprint density at radius 3 is 2.43 bits per heavy atom. The van der Waals surface area contributed by atoms with Gasteiger partial charge >= 0.3 is 12.0 Å². The van der Waals surface area contributed by atoms with Crippen molar-refractivity contribution in [1.82, 2.24) is 19.2 Å². The fraction of sp³-hybridized carbons (Fsp3) is 0.182. The molecule has 1 aliphatic heterocycles. The van der Waals surface area contributed by atoms with Crippen molar-refractivity contribution in [1.29, 1.82) is 0 Å². The number of hydrogen-bond donors (Lipinski definition) is 1. The second-order valence-corrected chi connectivity index (χ2v) is 9.94. The van der Waals surface area contributed by atoms with Crippen LogP contribution in [0.1, 0.15) is 45.8 Å². The molecule has 9 nitrogen and oxygen atoms in total. The molecular formula is C33H31N5O4. The summed E-state index contributed by atoms with van der Waals surface area (Å²) in [7, 11) is 1.63. The Morgan fingerprint density at radius 1 is 0.952 bits per heavy atom. The number of amides is 2. The number of aromatic nitrogens is 3. The lowest BCUT2D eigenvalue weighted by molar-refractivity contribution is 0.0527. The van der Waals surface area contributed by atoms with Crippen LogP contribution in [0.4, 0.5) is 10.5 Å². The number of anilines is 1. The number of methoxy groups -OCH3 is 1. The van der Waals surface area contributed by atoms with E-state index in [2.05, 4.69) is 9.88 Å². The van der Waals surface area contributed by atoms with Gasteiger partial charge in [0.15, 0.2) is 0 Å². The van der Waals surface area contributed by atoms with Crippen molar-refractivity contribution in [2.45, 2.75) is 26.4 Å². The van der Waals surface area contributed by atoms with Crippen LogP contribution in [0.5, 0.6) is 5.75 Å². The Bertz CT molecular complexity index is 1740. The summed E-state index contributed by atoms with van der Waals surface area (Å²) in [6.07, 6.45) is 2.00. The number of carbonyl (C=O) groups excluding carboxylic acids is 2. The van der Waals surface area contributed by atoms with Gasteiger partial charge in [-0.05, 0) is 67.9 Å². The Labute approximate surface area is 243 Å². The third kappa shape index (κ3) is 4.79. The van der Waals surface area contributed by atoms with Crippen LogP contribution in [0.25, 0.3) is 11.5 Å². The van der Waals surface area contributed by atoms with E-state index in [-0.39, 0.29) is 19.2 Å². The van der Waals surface area contributed by atoms with Crippen LogP contribution in [0.2, 0.25) is 0 Å². The monoisotopic (exact) mass is 561 g/mol. The molecule has 1 aliphatic rings. The first kappa shape index (κ1) is 26.9. The van der Waals surface area contributed by atoms with E-state index in [1.807, 2.05) is 84.5 Å². The molecule has 6 rings (SSSR count). The molecule has 3 aromatic carbocycles. The number of hydrogen-bond acceptors (Lipinski definition) is 5. The van der Waals surface area contributed by atoms with Crippen LogP contribution >= 0.6 is 0 Å². The van der Waals surface area contributed by atoms with Crippen molar-refractivity contribution in [2.24, 2.45) is 0 Å². The average molecular weight is 562 g/mol. The zero-order chi connectivity index (χ0) is 29.2. The molecule has 0 unspecified atom stereocenters. The number of nitrogens with zero attached hydrogens (tertiary/aromatic N) is 4. The van der Waals surface area contributed by atoms with Crippen LogP contribution < -0.4 is 10.1 Å². The summed E-state index contributed by atoms with van der Waals surface area (Å²) in [6, 6.07) is 27.7. The Hall–Kier alpha value is -5.31. The number of urea groups is 1. The fourth-order valence-electron chi connectivity index (χ4n) is 5.45. The predicted molar refractivity (Wildman–Crippen MR) is 159 cm³/mol. The van der Waals surface area contributed by atoms with Crippen molar-refractivity contribution >= 4 is 17.7 Å². The van der Waals surface area contributed by atoms with Gasteiger partial charge in [-0.2, -0.15) is 5.10 Å². The van der Waals surface area contributed by atoms with E-state index in [1.54, 1.807) is 43.2 Å². The third-order valence-corrected chi connectivity index (χ3v) is 7.44. The van der Waals surface area contributed by atoms with E-state index < -0.39 is 12.0 Å². The largest absolute Gasteiger partial charge is 0.497 e. The van der Waals surface area contributed by atoms with Crippen LogP contribution in [0.15, 0.2) is 97.2 Å². The highest BCUT2D eigenvalue weighted by Crippen LogP contribution is 2.39. The van der Waals surface area contributed by atoms with Crippen molar-refractivity contribution in [3.05, 3.63) is 125 Å². The van der Waals surface area contributed by atoms with Gasteiger partial charge in [-0.15, -0.1) is 0 Å². The minimum Gasteiger partial charge on any atom is -0.497 e. The van der Waals surface area contributed by atoms with Gasteiger partial charge < -0.3 is 24.3 Å². The predicted octanol–water partition coefficient (Wildman–Crippen LogP) is 6.29. The summed E-state index contributed by atoms with van der Waals surface area (Å²) in [5.41, 5.74) is 5.13. The number of esters is 1. The van der Waals surface area contributed by atoms with Gasteiger partial charge in [0, 0.05) is 11.8 Å². The number of ether oxygens (including phenoxy) is 2. The van der Waals surface area contributed by atoms with Gasteiger partial charge in [-0.25, -0.2) is 14.3 Å². The van der Waals surface area contributed by atoms with Crippen molar-refractivity contribution in [2.75, 3.05) is 19.0 Å². The maximum Gasteiger partial charge on any atom is 0.340 e. The second kappa shape index (κ2) is 11.3. The molecule has 3 heterocycles. The minimum atomic E-state index is -0.493. The molecule has 0 saturated carbocycles. The smallest absolute Gasteiger partial charge is 0.340 e. The van der Waals surface area contributed by atoms with Crippen molar-refractivity contribution in [3.8, 4) is 17.3 Å². The van der Waals surface area contributed by atoms with Gasteiger partial charge in [0.2, 0.25) is 0 Å². The number of para-hydroxylation sites is 2. The lowest BCUT2D eigenvalue weighted by atomic mass is 10.0. The highest BCUT2D eigenvalue weighted by molar-refractivity contribution is 6.01. The van der Waals surface area contributed by atoms with Gasteiger partial charge in [0.05, 0.1) is 54.6 Å². The van der Waals surface area contributed by atoms with Crippen LogP contribution in [-0.4, -0.2) is 45.0 Å². The fourth-order valence-corrected chi connectivity index (χ4v) is 5.45. The van der Waals surface area contributed by atoms with Gasteiger partial charge in [0.25, 0.3) is 0 Å². The first-order chi connectivity index (χ1) is 20.5. The summed E-state index contributed by atoms with van der Waals surface area (Å²) in [5, 5.41) is 7.90. The zero-order valence-electron chi connectivity index (χ0n) is 23.7. The molecule has 0 spiro atoms. The first-order valence-corrected chi connectivity index (χ1v) is 13.8. The first-order valence-electron chi connectivity index (χ1n) is 13.8. The quantitative estimate of drug-likeness (QED) is 0.246. The Kier molecular flexibility index (Phi) is 7.23. The number of nitrogens with one attached hydrogen (secondary N) is 1. The maximum absolute atomic E-state index is 14.3. The summed E-state index contributed by atoms with van der Waals surface area (Å²) in [4.78, 5) is 28.8. The molecule has 0 radical (unpaired) electrons. The molecular weight excluding hydrogens is 530 g/mol. The average Bonchev–Trinajstić information content (AvgIpc) is 3.58. The van der Waals surface area contributed by atoms with E-state index in [1.165, 1.54) is 0 Å². The molecule has 1 N–H and O–H groups in total. The van der Waals surface area contributed by atoms with Crippen LogP contribution in [-0.2, 0) is 11.3 Å². The highest BCUT2D eigenvalue weighted by Gasteiger charge is 2.36. The summed E-state index contributed by atoms with van der Waals surface area (Å²) in [6.45, 7) is 4.22. The van der Waals surface area contributed by atoms with Crippen molar-refractivity contribution < 1.29 is 19.1 Å². The molecule has 5 aromatic rings. The number of fused-ring (bicyclic) bond motifs is 3. The Balaban J connectivity index is 1.50. The van der Waals surface area contributed by atoms with Crippen LogP contribution in [0, 0.1) is 6.92 Å². The molecule has 9 heteroatoms. The number of carbonyl (C=O) groups is 2. The van der Waals surface area contributed by atoms with Gasteiger partial charge in [0.1, 0.15) is 11.6 Å². The van der Waals surface area contributed by atoms with Gasteiger partial charge in [-0.3, -0.25) is 0 Å². The van der Waals surface area contributed by atoms with E-state index in [9.17, 15) is 9.59 Å². The van der Waals surface area contributed by atoms with Crippen LogP contribution in [0.3, 0.4) is 0 Å². The van der Waals surface area contributed by atoms with Crippen molar-refractivity contribution in [3.63, 3.8) is 0 Å². The standard InChI is InChI=1S/C33H31N5O4/c1-4-42-32(39)26-13-8-9-14-28(26)34-33(40)37-21-27-22(2)35-38(24-11-6-5-7-12-24)31(27)36-20-10-15-29(36)30(37)23-16-18-25(41-3)19-17-23/h5-20,30H,4,21H2,1-3H3,(H,34,40)/t30-/m0/s1. The molecule has 42 heavy (non-hydrogen) atoms. The molecule has 0 aliphatic carbocycles. The number of aryl methyl sites for hydroxylation is 1. The molecule has 2 amide bonds. The van der Waals surface area contributed by atoms with E-state index in [0.717, 1.165) is 39.8 Å². The second-order valence-electron chi connectivity index (χ2n) is 9.94. The zero-order valence-corrected chi connectivity index (χ0v) is 23.7. The van der Waals surface area contributed by atoms with E-state index >= 15 is 0 Å². The summed E-state index contributed by atoms with van der Waals surface area (Å²) in [5.74, 6) is 1.10. The minimum absolute atomic E-state index is 0.233. The van der Waals surface area contributed by atoms with E-state index in [0.29, 0.717) is 11.3 Å². The molecule has 0 bridgehead atoms. The topological polar surface area (TPSA) is 90.6 Å².